The molecule has 0 aromatic carbocycles. The van der Waals surface area contributed by atoms with E-state index in [4.69, 9.17) is 4.74 Å². The molecule has 0 amide bonds. The summed E-state index contributed by atoms with van der Waals surface area (Å²) in [7, 11) is 3.64. The van der Waals surface area contributed by atoms with Gasteiger partial charge in [-0.25, -0.2) is 0 Å². The second kappa shape index (κ2) is 8.29. The predicted octanol–water partition coefficient (Wildman–Crippen LogP) is 2.39. The van der Waals surface area contributed by atoms with Crippen LogP contribution in [0, 0.1) is 11.3 Å². The van der Waals surface area contributed by atoms with Crippen molar-refractivity contribution in [3.8, 4) is 0 Å². The summed E-state index contributed by atoms with van der Waals surface area (Å²) in [6.45, 7) is 2.97. The minimum absolute atomic E-state index is 0. The smallest absolute Gasteiger partial charge is 0.191 e. The molecule has 0 bridgehead atoms. The van der Waals surface area contributed by atoms with Gasteiger partial charge in [-0.2, -0.15) is 0 Å². The molecule has 2 N–H and O–H groups in total. The van der Waals surface area contributed by atoms with Crippen molar-refractivity contribution < 1.29 is 4.74 Å². The van der Waals surface area contributed by atoms with Crippen molar-refractivity contribution in [2.75, 3.05) is 33.9 Å². The first-order valence-electron chi connectivity index (χ1n) is 7.21. The molecule has 2 fully saturated rings. The van der Waals surface area contributed by atoms with Crippen LogP contribution in [-0.4, -0.2) is 39.8 Å². The Kier molecular flexibility index (Phi) is 7.42. The van der Waals surface area contributed by atoms with Gasteiger partial charge in [0.25, 0.3) is 0 Å². The number of rotatable bonds is 7. The third kappa shape index (κ3) is 5.45. The molecule has 2 aliphatic carbocycles. The molecule has 0 saturated heterocycles. The molecule has 4 nitrogen and oxygen atoms in total. The number of hydrogen-bond donors (Lipinski definition) is 2. The zero-order chi connectivity index (χ0) is 12.8. The van der Waals surface area contributed by atoms with Crippen molar-refractivity contribution in [3.63, 3.8) is 0 Å². The Balaban J connectivity index is 0.00000180. The third-order valence-electron chi connectivity index (χ3n) is 4.36. The van der Waals surface area contributed by atoms with Gasteiger partial charge in [0.05, 0.1) is 0 Å². The molecule has 0 spiro atoms. The minimum Gasteiger partial charge on any atom is -0.385 e. The third-order valence-corrected chi connectivity index (χ3v) is 4.36. The molecule has 0 aromatic heterocycles. The number of guanidine groups is 1. The standard InChI is InChI=1S/C14H27N3O.HI/c1-15-13(16-10-12-4-5-12)17-11-14(6-3-7-14)8-9-18-2;/h12H,3-11H2,1-2H3,(H2,15,16,17);1H. The van der Waals surface area contributed by atoms with E-state index in [-0.39, 0.29) is 24.0 Å². The minimum atomic E-state index is 0. The lowest BCUT2D eigenvalue weighted by Gasteiger charge is -2.42. The van der Waals surface area contributed by atoms with E-state index in [1.54, 1.807) is 7.11 Å². The van der Waals surface area contributed by atoms with E-state index in [1.807, 2.05) is 7.05 Å². The average Bonchev–Trinajstić information content (AvgIpc) is 3.15. The van der Waals surface area contributed by atoms with Crippen molar-refractivity contribution in [3.05, 3.63) is 0 Å². The van der Waals surface area contributed by atoms with Gasteiger partial charge >= 0.3 is 0 Å². The molecule has 0 atom stereocenters. The molecule has 0 radical (unpaired) electrons. The second-order valence-corrected chi connectivity index (χ2v) is 5.85. The van der Waals surface area contributed by atoms with E-state index in [0.29, 0.717) is 5.41 Å². The summed E-state index contributed by atoms with van der Waals surface area (Å²) in [4.78, 5) is 4.29. The van der Waals surface area contributed by atoms with E-state index in [0.717, 1.165) is 38.0 Å². The number of hydrogen-bond acceptors (Lipinski definition) is 2. The normalized spacial score (nSPS) is 21.3. The summed E-state index contributed by atoms with van der Waals surface area (Å²) < 4.78 is 5.22. The summed E-state index contributed by atoms with van der Waals surface area (Å²) in [5, 5.41) is 6.90. The Morgan fingerprint density at radius 1 is 1.32 bits per heavy atom. The van der Waals surface area contributed by atoms with E-state index < -0.39 is 0 Å². The largest absolute Gasteiger partial charge is 0.385 e. The SMILES string of the molecule is CN=C(NCC1CC1)NCC1(CCOC)CCC1.I. The Morgan fingerprint density at radius 3 is 2.53 bits per heavy atom. The molecule has 5 heteroatoms. The van der Waals surface area contributed by atoms with Crippen molar-refractivity contribution in [1.29, 1.82) is 0 Å². The van der Waals surface area contributed by atoms with Gasteiger partial charge in [-0.05, 0) is 43.4 Å². The second-order valence-electron chi connectivity index (χ2n) is 5.85. The molecule has 0 aromatic rings. The molecular weight excluding hydrogens is 353 g/mol. The maximum Gasteiger partial charge on any atom is 0.191 e. The van der Waals surface area contributed by atoms with Crippen LogP contribution in [0.2, 0.25) is 0 Å². The fraction of sp³-hybridized carbons (Fsp3) is 0.929. The summed E-state index contributed by atoms with van der Waals surface area (Å²) in [5.41, 5.74) is 0.452. The number of methoxy groups -OCH3 is 1. The molecule has 112 valence electrons. The Bertz CT molecular complexity index is 288. The van der Waals surface area contributed by atoms with E-state index in [9.17, 15) is 0 Å². The van der Waals surface area contributed by atoms with Gasteiger partial charge in [0.2, 0.25) is 0 Å². The summed E-state index contributed by atoms with van der Waals surface area (Å²) in [6, 6.07) is 0. The molecular formula is C14H28IN3O. The number of ether oxygens (including phenoxy) is 1. The van der Waals surface area contributed by atoms with Gasteiger partial charge in [0.15, 0.2) is 5.96 Å². The molecule has 0 aliphatic heterocycles. The molecule has 2 saturated carbocycles. The van der Waals surface area contributed by atoms with Gasteiger partial charge < -0.3 is 15.4 Å². The van der Waals surface area contributed by atoms with Crippen LogP contribution in [0.25, 0.3) is 0 Å². The van der Waals surface area contributed by atoms with Crippen molar-refractivity contribution in [1.82, 2.24) is 10.6 Å². The lowest BCUT2D eigenvalue weighted by atomic mass is 9.67. The molecule has 0 heterocycles. The maximum atomic E-state index is 5.22. The van der Waals surface area contributed by atoms with Crippen LogP contribution in [-0.2, 0) is 4.74 Å². The average molecular weight is 381 g/mol. The fourth-order valence-electron chi connectivity index (χ4n) is 2.57. The summed E-state index contributed by atoms with van der Waals surface area (Å²) >= 11 is 0. The molecule has 2 rings (SSSR count). The fourth-order valence-corrected chi connectivity index (χ4v) is 2.57. The van der Waals surface area contributed by atoms with E-state index in [2.05, 4.69) is 15.6 Å². The van der Waals surface area contributed by atoms with Gasteiger partial charge in [0, 0.05) is 33.9 Å². The van der Waals surface area contributed by atoms with Gasteiger partial charge in [-0.1, -0.05) is 6.42 Å². The van der Waals surface area contributed by atoms with Crippen LogP contribution >= 0.6 is 24.0 Å². The quantitative estimate of drug-likeness (QED) is 0.405. The van der Waals surface area contributed by atoms with E-state index in [1.165, 1.54) is 32.1 Å². The van der Waals surface area contributed by atoms with Gasteiger partial charge in [0.1, 0.15) is 0 Å². The van der Waals surface area contributed by atoms with Crippen LogP contribution in [0.4, 0.5) is 0 Å². The Hall–Kier alpha value is -0.0400. The van der Waals surface area contributed by atoms with Crippen LogP contribution < -0.4 is 10.6 Å². The molecule has 2 aliphatic rings. The predicted molar refractivity (Wildman–Crippen MR) is 90.3 cm³/mol. The molecule has 19 heavy (non-hydrogen) atoms. The van der Waals surface area contributed by atoms with Crippen molar-refractivity contribution in [2.24, 2.45) is 16.3 Å². The zero-order valence-corrected chi connectivity index (χ0v) is 14.5. The van der Waals surface area contributed by atoms with Crippen molar-refractivity contribution in [2.45, 2.75) is 38.5 Å². The summed E-state index contributed by atoms with van der Waals surface area (Å²) in [5.74, 6) is 1.85. The van der Waals surface area contributed by atoms with Gasteiger partial charge in [-0.3, -0.25) is 4.99 Å². The lowest BCUT2D eigenvalue weighted by Crippen LogP contribution is -2.47. The first-order valence-corrected chi connectivity index (χ1v) is 7.21. The highest BCUT2D eigenvalue weighted by atomic mass is 127. The number of aliphatic imine (C=N–C) groups is 1. The van der Waals surface area contributed by atoms with Crippen LogP contribution in [0.15, 0.2) is 4.99 Å². The Labute approximate surface area is 134 Å². The van der Waals surface area contributed by atoms with Crippen LogP contribution in [0.1, 0.15) is 38.5 Å². The van der Waals surface area contributed by atoms with Crippen LogP contribution in [0.3, 0.4) is 0 Å². The lowest BCUT2D eigenvalue weighted by molar-refractivity contribution is 0.0732. The highest BCUT2D eigenvalue weighted by molar-refractivity contribution is 14.0. The van der Waals surface area contributed by atoms with Gasteiger partial charge in [-0.15, -0.1) is 24.0 Å². The first-order chi connectivity index (χ1) is 8.78. The maximum absolute atomic E-state index is 5.22. The highest BCUT2D eigenvalue weighted by Crippen LogP contribution is 2.43. The number of nitrogens with one attached hydrogen (secondary N) is 2. The molecule has 0 unspecified atom stereocenters. The monoisotopic (exact) mass is 381 g/mol. The Morgan fingerprint density at radius 2 is 2.05 bits per heavy atom. The highest BCUT2D eigenvalue weighted by Gasteiger charge is 2.36. The van der Waals surface area contributed by atoms with Crippen LogP contribution in [0.5, 0.6) is 0 Å². The number of nitrogens with zero attached hydrogens (tertiary/aromatic N) is 1. The van der Waals surface area contributed by atoms with Crippen molar-refractivity contribution >= 4 is 29.9 Å². The first kappa shape index (κ1) is 17.0. The van der Waals surface area contributed by atoms with E-state index >= 15 is 0 Å². The number of halogens is 1. The topological polar surface area (TPSA) is 45.7 Å². The summed E-state index contributed by atoms with van der Waals surface area (Å²) in [6.07, 6.45) is 7.92. The zero-order valence-electron chi connectivity index (χ0n) is 12.2.